The smallest absolute Gasteiger partial charge is 0.387 e. The first-order chi connectivity index (χ1) is 8.52. The summed E-state index contributed by atoms with van der Waals surface area (Å²) in [6.45, 7) is -2.94. The van der Waals surface area contributed by atoms with Gasteiger partial charge in [-0.2, -0.15) is 13.9 Å². The standard InChI is InChI=1S/C10H12F2N4O2/c1-17-7-3-2-6(5-15-16-10(13)14)4-8(7)18-9(11)12/h2-5,9H,1H3,(H4,13,14,16)/b15-5+. The normalized spacial score (nSPS) is 10.7. The Balaban J connectivity index is 2.95. The highest BCUT2D eigenvalue weighted by atomic mass is 19.3. The van der Waals surface area contributed by atoms with Gasteiger partial charge in [-0.3, -0.25) is 0 Å². The van der Waals surface area contributed by atoms with E-state index in [4.69, 9.17) is 16.2 Å². The van der Waals surface area contributed by atoms with E-state index >= 15 is 0 Å². The Morgan fingerprint density at radius 3 is 2.61 bits per heavy atom. The molecule has 0 fully saturated rings. The SMILES string of the molecule is COc1ccc(/C=N/N=C(N)N)cc1OC(F)F. The van der Waals surface area contributed by atoms with Crippen molar-refractivity contribution in [3.05, 3.63) is 23.8 Å². The molecule has 0 saturated heterocycles. The van der Waals surface area contributed by atoms with E-state index < -0.39 is 6.61 Å². The molecule has 0 amide bonds. The Hall–Kier alpha value is -2.38. The minimum absolute atomic E-state index is 0.0962. The molecule has 18 heavy (non-hydrogen) atoms. The summed E-state index contributed by atoms with van der Waals surface area (Å²) >= 11 is 0. The molecule has 6 nitrogen and oxygen atoms in total. The van der Waals surface area contributed by atoms with Gasteiger partial charge in [0.1, 0.15) is 0 Å². The van der Waals surface area contributed by atoms with Crippen molar-refractivity contribution in [2.24, 2.45) is 21.7 Å². The highest BCUT2D eigenvalue weighted by Crippen LogP contribution is 2.28. The average Bonchev–Trinajstić information content (AvgIpc) is 2.28. The molecule has 0 radical (unpaired) electrons. The van der Waals surface area contributed by atoms with E-state index in [9.17, 15) is 8.78 Å². The number of halogens is 2. The number of alkyl halides is 2. The number of nitrogens with zero attached hydrogens (tertiary/aromatic N) is 2. The van der Waals surface area contributed by atoms with Crippen LogP contribution in [0.5, 0.6) is 11.5 Å². The van der Waals surface area contributed by atoms with E-state index in [1.807, 2.05) is 0 Å². The van der Waals surface area contributed by atoms with Crippen molar-refractivity contribution in [1.29, 1.82) is 0 Å². The molecule has 0 unspecified atom stereocenters. The molecule has 1 rings (SSSR count). The third-order valence-electron chi connectivity index (χ3n) is 1.78. The van der Waals surface area contributed by atoms with E-state index in [1.54, 1.807) is 6.07 Å². The maximum Gasteiger partial charge on any atom is 0.387 e. The van der Waals surface area contributed by atoms with Crippen molar-refractivity contribution in [3.8, 4) is 11.5 Å². The van der Waals surface area contributed by atoms with Crippen molar-refractivity contribution in [3.63, 3.8) is 0 Å². The number of hydrogen-bond donors (Lipinski definition) is 2. The Morgan fingerprint density at radius 1 is 1.33 bits per heavy atom. The van der Waals surface area contributed by atoms with E-state index in [2.05, 4.69) is 14.9 Å². The first kappa shape index (κ1) is 13.7. The van der Waals surface area contributed by atoms with Gasteiger partial charge in [0.25, 0.3) is 0 Å². The average molecular weight is 258 g/mol. The van der Waals surface area contributed by atoms with Crippen LogP contribution in [-0.2, 0) is 0 Å². The second kappa shape index (κ2) is 6.38. The Kier molecular flexibility index (Phi) is 4.85. The van der Waals surface area contributed by atoms with E-state index in [0.29, 0.717) is 5.56 Å². The third-order valence-corrected chi connectivity index (χ3v) is 1.78. The summed E-state index contributed by atoms with van der Waals surface area (Å²) in [5, 5.41) is 6.92. The number of nitrogens with two attached hydrogens (primary N) is 2. The molecule has 98 valence electrons. The fourth-order valence-corrected chi connectivity index (χ4v) is 1.12. The fourth-order valence-electron chi connectivity index (χ4n) is 1.12. The lowest BCUT2D eigenvalue weighted by atomic mass is 10.2. The summed E-state index contributed by atoms with van der Waals surface area (Å²) in [6, 6.07) is 4.38. The fraction of sp³-hybridized carbons (Fsp3) is 0.200. The highest BCUT2D eigenvalue weighted by Gasteiger charge is 2.10. The molecule has 8 heteroatoms. The van der Waals surface area contributed by atoms with Crippen LogP contribution in [0.15, 0.2) is 28.4 Å². The van der Waals surface area contributed by atoms with E-state index in [0.717, 1.165) is 0 Å². The van der Waals surface area contributed by atoms with Crippen molar-refractivity contribution in [2.75, 3.05) is 7.11 Å². The van der Waals surface area contributed by atoms with Crippen molar-refractivity contribution in [2.45, 2.75) is 6.61 Å². The van der Waals surface area contributed by atoms with Gasteiger partial charge in [-0.05, 0) is 23.8 Å². The van der Waals surface area contributed by atoms with Crippen LogP contribution >= 0.6 is 0 Å². The third kappa shape index (κ3) is 4.24. The van der Waals surface area contributed by atoms with Gasteiger partial charge in [0.2, 0.25) is 5.96 Å². The predicted molar refractivity (Wildman–Crippen MR) is 63.0 cm³/mol. The molecule has 0 aliphatic heterocycles. The van der Waals surface area contributed by atoms with Gasteiger partial charge in [-0.15, -0.1) is 5.10 Å². The Bertz CT molecular complexity index is 459. The summed E-state index contributed by atoms with van der Waals surface area (Å²) in [6.07, 6.45) is 1.29. The molecule has 0 atom stereocenters. The van der Waals surface area contributed by atoms with Gasteiger partial charge in [0.15, 0.2) is 11.5 Å². The molecule has 0 aliphatic carbocycles. The number of rotatable bonds is 5. The van der Waals surface area contributed by atoms with Crippen LogP contribution < -0.4 is 20.9 Å². The molecule has 0 saturated carbocycles. The summed E-state index contributed by atoms with van der Waals surface area (Å²) in [4.78, 5) is 0. The lowest BCUT2D eigenvalue weighted by Crippen LogP contribution is -2.21. The number of guanidine groups is 1. The maximum atomic E-state index is 12.2. The molecule has 0 heterocycles. The monoisotopic (exact) mass is 258 g/mol. The van der Waals surface area contributed by atoms with E-state index in [1.165, 1.54) is 25.5 Å². The zero-order valence-electron chi connectivity index (χ0n) is 9.51. The summed E-state index contributed by atoms with van der Waals surface area (Å²) in [5.41, 5.74) is 10.6. The van der Waals surface area contributed by atoms with Gasteiger partial charge < -0.3 is 20.9 Å². The highest BCUT2D eigenvalue weighted by molar-refractivity contribution is 5.82. The predicted octanol–water partition coefficient (Wildman–Crippen LogP) is 0.904. The topological polar surface area (TPSA) is 95.2 Å². The maximum absolute atomic E-state index is 12.2. The second-order valence-corrected chi connectivity index (χ2v) is 3.06. The van der Waals surface area contributed by atoms with Crippen LogP contribution in [0.25, 0.3) is 0 Å². The second-order valence-electron chi connectivity index (χ2n) is 3.06. The molecular formula is C10H12F2N4O2. The molecule has 1 aromatic rings. The van der Waals surface area contributed by atoms with Gasteiger partial charge >= 0.3 is 6.61 Å². The Labute approximate surface area is 102 Å². The van der Waals surface area contributed by atoms with Crippen molar-refractivity contribution in [1.82, 2.24) is 0 Å². The van der Waals surface area contributed by atoms with Crippen molar-refractivity contribution < 1.29 is 18.3 Å². The largest absolute Gasteiger partial charge is 0.493 e. The number of methoxy groups -OCH3 is 1. The first-order valence-corrected chi connectivity index (χ1v) is 4.77. The lowest BCUT2D eigenvalue weighted by Gasteiger charge is -2.09. The van der Waals surface area contributed by atoms with Gasteiger partial charge in [-0.25, -0.2) is 0 Å². The zero-order chi connectivity index (χ0) is 13.5. The van der Waals surface area contributed by atoms with Crippen LogP contribution in [0.4, 0.5) is 8.78 Å². The quantitative estimate of drug-likeness (QED) is 0.466. The van der Waals surface area contributed by atoms with E-state index in [-0.39, 0.29) is 17.5 Å². The molecule has 4 N–H and O–H groups in total. The summed E-state index contributed by atoms with van der Waals surface area (Å²) in [5.74, 6) is -0.112. The van der Waals surface area contributed by atoms with Gasteiger partial charge in [0, 0.05) is 0 Å². The Morgan fingerprint density at radius 2 is 2.06 bits per heavy atom. The molecule has 0 aliphatic rings. The molecule has 1 aromatic carbocycles. The van der Waals surface area contributed by atoms with Crippen molar-refractivity contribution >= 4 is 12.2 Å². The summed E-state index contributed by atoms with van der Waals surface area (Å²) in [7, 11) is 1.35. The zero-order valence-corrected chi connectivity index (χ0v) is 9.51. The minimum Gasteiger partial charge on any atom is -0.493 e. The first-order valence-electron chi connectivity index (χ1n) is 4.77. The molecule has 0 spiro atoms. The number of hydrogen-bond acceptors (Lipinski definition) is 4. The summed E-state index contributed by atoms with van der Waals surface area (Å²) < 4.78 is 33.5. The molecular weight excluding hydrogens is 246 g/mol. The van der Waals surface area contributed by atoms with Crippen LogP contribution in [0, 0.1) is 0 Å². The van der Waals surface area contributed by atoms with Gasteiger partial charge in [0.05, 0.1) is 13.3 Å². The van der Waals surface area contributed by atoms with Gasteiger partial charge in [-0.1, -0.05) is 0 Å². The van der Waals surface area contributed by atoms with Crippen LogP contribution in [-0.4, -0.2) is 25.9 Å². The number of benzene rings is 1. The van der Waals surface area contributed by atoms with Crippen LogP contribution in [0.1, 0.15) is 5.56 Å². The molecule has 0 aromatic heterocycles. The minimum atomic E-state index is -2.94. The lowest BCUT2D eigenvalue weighted by molar-refractivity contribution is -0.0512. The van der Waals surface area contributed by atoms with Crippen LogP contribution in [0.3, 0.4) is 0 Å². The molecule has 0 bridgehead atoms. The number of ether oxygens (including phenoxy) is 2. The van der Waals surface area contributed by atoms with Crippen LogP contribution in [0.2, 0.25) is 0 Å².